The normalized spacial score (nSPS) is 14.1. The first-order valence-electron chi connectivity index (χ1n) is 9.00. The van der Waals surface area contributed by atoms with Crippen LogP contribution in [-0.2, 0) is 11.3 Å². The van der Waals surface area contributed by atoms with Gasteiger partial charge in [0, 0.05) is 33.7 Å². The number of anilines is 2. The van der Waals surface area contributed by atoms with Crippen molar-refractivity contribution in [2.45, 2.75) is 13.5 Å². The van der Waals surface area contributed by atoms with Gasteiger partial charge in [0.05, 0.1) is 18.8 Å². The van der Waals surface area contributed by atoms with Crippen molar-refractivity contribution in [3.05, 3.63) is 52.8 Å². The van der Waals surface area contributed by atoms with Crippen molar-refractivity contribution in [1.82, 2.24) is 10.3 Å². The van der Waals surface area contributed by atoms with Crippen LogP contribution in [-0.4, -0.2) is 51.3 Å². The van der Waals surface area contributed by atoms with E-state index in [1.165, 1.54) is 12.1 Å². The zero-order valence-electron chi connectivity index (χ0n) is 16.0. The van der Waals surface area contributed by atoms with E-state index < -0.39 is 0 Å². The van der Waals surface area contributed by atoms with Gasteiger partial charge < -0.3 is 19.9 Å². The number of pyridine rings is 1. The Morgan fingerprint density at radius 3 is 2.70 bits per heavy atom. The van der Waals surface area contributed by atoms with Gasteiger partial charge in [-0.25, -0.2) is 9.37 Å². The van der Waals surface area contributed by atoms with Crippen LogP contribution >= 0.6 is 0 Å². The summed E-state index contributed by atoms with van der Waals surface area (Å²) in [6.45, 7) is 5.08. The maximum atomic E-state index is 13.3. The number of hydrogen-bond donors (Lipinski definition) is 1. The second-order valence-corrected chi connectivity index (χ2v) is 6.80. The molecule has 0 saturated carbocycles. The molecule has 1 aliphatic rings. The van der Waals surface area contributed by atoms with Gasteiger partial charge in [0.1, 0.15) is 17.5 Å². The van der Waals surface area contributed by atoms with Crippen LogP contribution in [0.15, 0.2) is 30.3 Å². The largest absolute Gasteiger partial charge is 0.378 e. The third-order valence-electron chi connectivity index (χ3n) is 4.51. The summed E-state index contributed by atoms with van der Waals surface area (Å²) in [4.78, 5) is 21.6. The van der Waals surface area contributed by atoms with E-state index in [4.69, 9.17) is 9.72 Å². The van der Waals surface area contributed by atoms with Crippen LogP contribution in [0.4, 0.5) is 16.0 Å². The molecule has 7 heteroatoms. The Morgan fingerprint density at radius 1 is 1.30 bits per heavy atom. The summed E-state index contributed by atoms with van der Waals surface area (Å²) in [5.74, 6) is 0.930. The highest BCUT2D eigenvalue weighted by atomic mass is 19.1. The summed E-state index contributed by atoms with van der Waals surface area (Å²) in [7, 11) is 3.74. The molecule has 0 unspecified atom stereocenters. The molecule has 144 valence electrons. The minimum atomic E-state index is -0.316. The first-order valence-corrected chi connectivity index (χ1v) is 9.00. The zero-order chi connectivity index (χ0) is 19.4. The van der Waals surface area contributed by atoms with Crippen molar-refractivity contribution in [1.29, 1.82) is 0 Å². The van der Waals surface area contributed by atoms with Gasteiger partial charge in [-0.1, -0.05) is 12.1 Å². The van der Waals surface area contributed by atoms with Gasteiger partial charge in [-0.2, -0.15) is 0 Å². The summed E-state index contributed by atoms with van der Waals surface area (Å²) in [5, 5.41) is 2.87. The van der Waals surface area contributed by atoms with Crippen LogP contribution in [0.5, 0.6) is 0 Å². The third-order valence-corrected chi connectivity index (χ3v) is 4.51. The minimum Gasteiger partial charge on any atom is -0.378 e. The topological polar surface area (TPSA) is 57.7 Å². The molecule has 3 rings (SSSR count). The number of morpholine rings is 1. The molecule has 0 atom stereocenters. The molecule has 0 bridgehead atoms. The van der Waals surface area contributed by atoms with Crippen molar-refractivity contribution in [2.24, 2.45) is 0 Å². The van der Waals surface area contributed by atoms with E-state index in [1.807, 2.05) is 32.0 Å². The standard InChI is InChI=1S/C20H25FN4O2/c1-14-11-17(25-7-9-27-10-8-25)23-19(24(2)3)18(14)20(26)22-13-15-5-4-6-16(21)12-15/h4-6,11-12H,7-10,13H2,1-3H3,(H,22,26). The van der Waals surface area contributed by atoms with Gasteiger partial charge >= 0.3 is 0 Å². The van der Waals surface area contributed by atoms with Gasteiger partial charge in [0.15, 0.2) is 0 Å². The lowest BCUT2D eigenvalue weighted by Gasteiger charge is -2.29. The minimum absolute atomic E-state index is 0.221. The third kappa shape index (κ3) is 4.54. The van der Waals surface area contributed by atoms with Crippen molar-refractivity contribution in [2.75, 3.05) is 50.2 Å². The van der Waals surface area contributed by atoms with E-state index in [9.17, 15) is 9.18 Å². The molecular weight excluding hydrogens is 347 g/mol. The molecule has 1 fully saturated rings. The van der Waals surface area contributed by atoms with E-state index in [2.05, 4.69) is 10.2 Å². The quantitative estimate of drug-likeness (QED) is 0.873. The fraction of sp³-hybridized carbons (Fsp3) is 0.400. The molecule has 0 radical (unpaired) electrons. The van der Waals surface area contributed by atoms with Crippen molar-refractivity contribution in [3.8, 4) is 0 Å². The van der Waals surface area contributed by atoms with E-state index in [0.717, 1.165) is 24.5 Å². The number of rotatable bonds is 5. The van der Waals surface area contributed by atoms with Crippen molar-refractivity contribution in [3.63, 3.8) is 0 Å². The number of carbonyl (C=O) groups excluding carboxylic acids is 1. The Balaban J connectivity index is 1.83. The number of aromatic nitrogens is 1. The van der Waals surface area contributed by atoms with Crippen LogP contribution in [0.3, 0.4) is 0 Å². The Labute approximate surface area is 158 Å². The second-order valence-electron chi connectivity index (χ2n) is 6.80. The molecule has 27 heavy (non-hydrogen) atoms. The number of nitrogens with zero attached hydrogens (tertiary/aromatic N) is 3. The SMILES string of the molecule is Cc1cc(N2CCOCC2)nc(N(C)C)c1C(=O)NCc1cccc(F)c1. The van der Waals surface area contributed by atoms with E-state index >= 15 is 0 Å². The highest BCUT2D eigenvalue weighted by Gasteiger charge is 2.21. The maximum absolute atomic E-state index is 13.3. The number of ether oxygens (including phenoxy) is 1. The van der Waals surface area contributed by atoms with Crippen LogP contribution in [0, 0.1) is 12.7 Å². The van der Waals surface area contributed by atoms with Gasteiger partial charge in [0.25, 0.3) is 5.91 Å². The zero-order valence-corrected chi connectivity index (χ0v) is 16.0. The van der Waals surface area contributed by atoms with Gasteiger partial charge in [0.2, 0.25) is 0 Å². The number of benzene rings is 1. The van der Waals surface area contributed by atoms with Gasteiger partial charge in [-0.3, -0.25) is 4.79 Å². The van der Waals surface area contributed by atoms with Crippen molar-refractivity contribution >= 4 is 17.5 Å². The first kappa shape index (κ1) is 19.1. The lowest BCUT2D eigenvalue weighted by molar-refractivity contribution is 0.0950. The monoisotopic (exact) mass is 372 g/mol. The summed E-state index contributed by atoms with van der Waals surface area (Å²) >= 11 is 0. The lowest BCUT2D eigenvalue weighted by atomic mass is 10.1. The molecule has 1 aliphatic heterocycles. The van der Waals surface area contributed by atoms with Crippen LogP contribution in [0.2, 0.25) is 0 Å². The van der Waals surface area contributed by atoms with E-state index in [1.54, 1.807) is 12.1 Å². The Morgan fingerprint density at radius 2 is 2.04 bits per heavy atom. The summed E-state index contributed by atoms with van der Waals surface area (Å²) in [5.41, 5.74) is 2.10. The molecule has 1 amide bonds. The highest BCUT2D eigenvalue weighted by molar-refractivity contribution is 6.00. The fourth-order valence-corrected chi connectivity index (χ4v) is 3.12. The smallest absolute Gasteiger partial charge is 0.255 e. The average Bonchev–Trinajstić information content (AvgIpc) is 2.66. The number of amides is 1. The molecule has 0 aliphatic carbocycles. The fourth-order valence-electron chi connectivity index (χ4n) is 3.12. The van der Waals surface area contributed by atoms with E-state index in [0.29, 0.717) is 30.2 Å². The van der Waals surface area contributed by atoms with Crippen molar-refractivity contribution < 1.29 is 13.9 Å². The Hall–Kier alpha value is -2.67. The van der Waals surface area contributed by atoms with Crippen LogP contribution in [0.1, 0.15) is 21.5 Å². The summed E-state index contributed by atoms with van der Waals surface area (Å²) in [6.07, 6.45) is 0. The number of carbonyl (C=O) groups is 1. The maximum Gasteiger partial charge on any atom is 0.255 e. The predicted octanol–water partition coefficient (Wildman–Crippen LogP) is 2.36. The number of aryl methyl sites for hydroxylation is 1. The van der Waals surface area contributed by atoms with Crippen LogP contribution < -0.4 is 15.1 Å². The van der Waals surface area contributed by atoms with Gasteiger partial charge in [-0.15, -0.1) is 0 Å². The molecule has 2 heterocycles. The first-order chi connectivity index (χ1) is 13.0. The molecule has 1 N–H and O–H groups in total. The number of halogens is 1. The van der Waals surface area contributed by atoms with E-state index in [-0.39, 0.29) is 18.3 Å². The number of nitrogens with one attached hydrogen (secondary N) is 1. The molecule has 2 aromatic rings. The predicted molar refractivity (Wildman–Crippen MR) is 104 cm³/mol. The summed E-state index contributed by atoms with van der Waals surface area (Å²) in [6, 6.07) is 8.15. The highest BCUT2D eigenvalue weighted by Crippen LogP contribution is 2.26. The lowest BCUT2D eigenvalue weighted by Crippen LogP contribution is -2.37. The summed E-state index contributed by atoms with van der Waals surface area (Å²) < 4.78 is 18.7. The molecular formula is C20H25FN4O2. The Kier molecular flexibility index (Phi) is 5.91. The average molecular weight is 372 g/mol. The molecule has 1 aromatic carbocycles. The second kappa shape index (κ2) is 8.35. The van der Waals surface area contributed by atoms with Gasteiger partial charge in [-0.05, 0) is 36.2 Å². The molecule has 1 saturated heterocycles. The Bertz CT molecular complexity index is 820. The number of hydrogen-bond acceptors (Lipinski definition) is 5. The van der Waals surface area contributed by atoms with Crippen LogP contribution in [0.25, 0.3) is 0 Å². The molecule has 6 nitrogen and oxygen atoms in total. The molecule has 1 aromatic heterocycles. The molecule has 0 spiro atoms.